The second-order valence-electron chi connectivity index (χ2n) is 14.2. The molecule has 2 aliphatic heterocycles. The molecule has 2 aromatic carbocycles. The molecule has 0 bridgehead atoms. The average molecular weight is 858 g/mol. The summed E-state index contributed by atoms with van der Waals surface area (Å²) in [5.74, 6) is 2.31. The van der Waals surface area contributed by atoms with Gasteiger partial charge in [-0.3, -0.25) is 9.59 Å². The van der Waals surface area contributed by atoms with Gasteiger partial charge in [0.1, 0.15) is 40.1 Å². The Kier molecular flexibility index (Phi) is 13.9. The van der Waals surface area contributed by atoms with Crippen molar-refractivity contribution in [1.82, 2.24) is 40.5 Å². The summed E-state index contributed by atoms with van der Waals surface area (Å²) in [7, 11) is 3.11. The first-order chi connectivity index (χ1) is 29.2. The number of hydrogen-bond acceptors (Lipinski definition) is 15. The smallest absolute Gasteiger partial charge is 0.256 e. The van der Waals surface area contributed by atoms with Gasteiger partial charge in [0, 0.05) is 63.6 Å². The minimum atomic E-state index is -0.404. The Morgan fingerprint density at radius 1 is 0.733 bits per heavy atom. The Balaban J connectivity index is 1.08. The maximum Gasteiger partial charge on any atom is 0.256 e. The second-order valence-corrected chi connectivity index (χ2v) is 15.0. The number of anilines is 4. The first-order valence-electron chi connectivity index (χ1n) is 19.6. The van der Waals surface area contributed by atoms with Gasteiger partial charge < -0.3 is 45.6 Å². The molecule has 7 rings (SSSR count). The fourth-order valence-electron chi connectivity index (χ4n) is 7.22. The van der Waals surface area contributed by atoms with Crippen molar-refractivity contribution in [3.05, 3.63) is 105 Å². The molecule has 314 valence electrons. The summed E-state index contributed by atoms with van der Waals surface area (Å²) in [4.78, 5) is 58.6. The van der Waals surface area contributed by atoms with E-state index in [-0.39, 0.29) is 48.8 Å². The molecule has 5 heterocycles. The number of aromatic nitrogens is 6. The molecule has 2 saturated heterocycles. The third kappa shape index (κ3) is 10.0. The van der Waals surface area contributed by atoms with E-state index in [9.17, 15) is 14.7 Å². The topological polar surface area (TPSA) is 205 Å². The minimum absolute atomic E-state index is 0.0188. The molecule has 2 aliphatic rings. The molecule has 3 aromatic heterocycles. The van der Waals surface area contributed by atoms with Crippen LogP contribution in [0.5, 0.6) is 11.5 Å². The predicted molar refractivity (Wildman–Crippen MR) is 228 cm³/mol. The van der Waals surface area contributed by atoms with Crippen molar-refractivity contribution in [2.24, 2.45) is 0 Å². The molecule has 0 saturated carbocycles. The van der Waals surface area contributed by atoms with Crippen LogP contribution in [-0.4, -0.2) is 99.4 Å². The molecule has 2 amide bonds. The summed E-state index contributed by atoms with van der Waals surface area (Å²) in [6.07, 6.45) is 9.57. The number of benzene rings is 2. The monoisotopic (exact) mass is 856 g/mol. The van der Waals surface area contributed by atoms with Gasteiger partial charge in [-0.2, -0.15) is 9.97 Å². The van der Waals surface area contributed by atoms with Gasteiger partial charge in [0.15, 0.2) is 0 Å². The predicted octanol–water partition coefficient (Wildman–Crippen LogP) is 4.89. The number of amides is 2. The van der Waals surface area contributed by atoms with Crippen LogP contribution < -0.4 is 40.5 Å². The molecule has 5 aromatic rings. The Bertz CT molecular complexity index is 2290. The van der Waals surface area contributed by atoms with Crippen LogP contribution in [0, 0.1) is 0 Å². The van der Waals surface area contributed by atoms with Crippen molar-refractivity contribution in [1.29, 1.82) is 0 Å². The second kappa shape index (κ2) is 19.8. The van der Waals surface area contributed by atoms with E-state index in [1.54, 1.807) is 56.9 Å². The number of methoxy groups -OCH3 is 2. The van der Waals surface area contributed by atoms with Gasteiger partial charge >= 0.3 is 0 Å². The third-order valence-electron chi connectivity index (χ3n) is 10.4. The Labute approximate surface area is 357 Å². The number of rotatable bonds is 17. The number of ether oxygens (including phenoxy) is 2. The normalized spacial score (nSPS) is 16.1. The van der Waals surface area contributed by atoms with E-state index >= 15 is 0 Å². The van der Waals surface area contributed by atoms with Crippen LogP contribution in [0.15, 0.2) is 67.3 Å². The number of halogens is 2. The molecule has 2 atom stereocenters. The zero-order valence-electron chi connectivity index (χ0n) is 33.2. The molecule has 60 heavy (non-hydrogen) atoms. The summed E-state index contributed by atoms with van der Waals surface area (Å²) in [5.41, 5.74) is 2.20. The zero-order chi connectivity index (χ0) is 42.0. The molecular weight excluding hydrogens is 811 g/mol. The van der Waals surface area contributed by atoms with Gasteiger partial charge in [-0.05, 0) is 67.1 Å². The van der Waals surface area contributed by atoms with E-state index in [4.69, 9.17) is 42.6 Å². The van der Waals surface area contributed by atoms with Gasteiger partial charge in [-0.15, -0.1) is 0 Å². The van der Waals surface area contributed by atoms with Crippen LogP contribution in [-0.2, 0) is 19.6 Å². The van der Waals surface area contributed by atoms with Crippen LogP contribution in [0.4, 0.5) is 23.5 Å². The Morgan fingerprint density at radius 3 is 1.77 bits per heavy atom. The highest BCUT2D eigenvalue weighted by Crippen LogP contribution is 2.30. The molecule has 2 unspecified atom stereocenters. The molecule has 19 heteroatoms. The maximum absolute atomic E-state index is 13.9. The lowest BCUT2D eigenvalue weighted by Gasteiger charge is -2.26. The molecule has 17 nitrogen and oxygen atoms in total. The van der Waals surface area contributed by atoms with Crippen LogP contribution in [0.3, 0.4) is 0 Å². The first kappa shape index (κ1) is 42.1. The summed E-state index contributed by atoms with van der Waals surface area (Å²) in [6, 6.07) is 12.3. The summed E-state index contributed by atoms with van der Waals surface area (Å²) >= 11 is 12.8. The lowest BCUT2D eigenvalue weighted by molar-refractivity contribution is 0.0942. The number of nitrogens with one attached hydrogen (secondary N) is 4. The average Bonchev–Trinajstić information content (AvgIpc) is 3.96. The molecule has 2 fully saturated rings. The van der Waals surface area contributed by atoms with Crippen LogP contribution in [0.2, 0.25) is 10.0 Å². The number of hydrogen-bond donors (Lipinski definition) is 5. The highest BCUT2D eigenvalue weighted by atomic mass is 35.5. The number of carbonyl (C=O) groups excluding carboxylic acids is 2. The van der Waals surface area contributed by atoms with Crippen molar-refractivity contribution < 1.29 is 24.2 Å². The quantitative estimate of drug-likeness (QED) is 0.0845. The lowest BCUT2D eigenvalue weighted by Crippen LogP contribution is -2.41. The number of carbonyl (C=O) groups is 2. The Hall–Kier alpha value is -6.04. The summed E-state index contributed by atoms with van der Waals surface area (Å²) < 4.78 is 10.6. The SMILES string of the molecule is COc1ccc(CNc2nc(N3CCCC3CO)ncc2C(=O)NCC2CCCN2c2ncc(C(=O)NCc3ncccn3)c(NCc3ccc(OC)c(Cl)c3)n2)cc1Cl. The van der Waals surface area contributed by atoms with E-state index < -0.39 is 5.91 Å². The standard InChI is InChI=1S/C41H46Cl2N12O5/c1-59-33-10-8-25(16-31(33)42)18-46-36-29(21-51-41(53-36)55-15-4-7-28(55)24-56)38(57)48-20-27-6-3-14-54(27)40-50-22-30(39(58)49-23-35-44-12-5-13-45-35)37(52-40)47-19-26-9-11-34(60-2)32(43)17-26/h5,8-13,16-17,21-22,27-28,56H,3-4,6-7,14-15,18-20,23-24H2,1-2H3,(H,48,57)(H,49,58)(H,46,51,53)(H,47,50,52). The highest BCUT2D eigenvalue weighted by Gasteiger charge is 2.30. The van der Waals surface area contributed by atoms with E-state index in [0.717, 1.165) is 36.8 Å². The number of aliphatic hydroxyl groups excluding tert-OH is 1. The molecule has 0 aliphatic carbocycles. The van der Waals surface area contributed by atoms with Gasteiger partial charge in [-0.1, -0.05) is 35.3 Å². The summed E-state index contributed by atoms with van der Waals surface area (Å²) in [5, 5.41) is 23.5. The van der Waals surface area contributed by atoms with Gasteiger partial charge in [0.05, 0.1) is 43.5 Å². The van der Waals surface area contributed by atoms with Crippen molar-refractivity contribution in [2.45, 2.75) is 57.4 Å². The number of nitrogens with zero attached hydrogens (tertiary/aromatic N) is 8. The Morgan fingerprint density at radius 2 is 1.25 bits per heavy atom. The van der Waals surface area contributed by atoms with Crippen molar-refractivity contribution in [2.75, 3.05) is 60.9 Å². The van der Waals surface area contributed by atoms with Crippen LogP contribution >= 0.6 is 23.2 Å². The van der Waals surface area contributed by atoms with Crippen LogP contribution in [0.1, 0.15) is 63.4 Å². The maximum atomic E-state index is 13.9. The van der Waals surface area contributed by atoms with Crippen molar-refractivity contribution >= 4 is 58.5 Å². The third-order valence-corrected chi connectivity index (χ3v) is 11.0. The van der Waals surface area contributed by atoms with Gasteiger partial charge in [-0.25, -0.2) is 19.9 Å². The van der Waals surface area contributed by atoms with Gasteiger partial charge in [0.2, 0.25) is 11.9 Å². The molecule has 0 spiro atoms. The van der Waals surface area contributed by atoms with Gasteiger partial charge in [0.25, 0.3) is 11.8 Å². The van der Waals surface area contributed by atoms with E-state index in [0.29, 0.717) is 77.1 Å². The van der Waals surface area contributed by atoms with Crippen LogP contribution in [0.25, 0.3) is 0 Å². The van der Waals surface area contributed by atoms with E-state index in [2.05, 4.69) is 41.2 Å². The minimum Gasteiger partial charge on any atom is -0.495 e. The molecule has 5 N–H and O–H groups in total. The highest BCUT2D eigenvalue weighted by molar-refractivity contribution is 6.32. The fourth-order valence-corrected chi connectivity index (χ4v) is 7.78. The van der Waals surface area contributed by atoms with E-state index in [1.807, 2.05) is 21.9 Å². The van der Waals surface area contributed by atoms with E-state index in [1.165, 1.54) is 12.4 Å². The lowest BCUT2D eigenvalue weighted by atomic mass is 10.2. The molecule has 0 radical (unpaired) electrons. The first-order valence-corrected chi connectivity index (χ1v) is 20.3. The largest absolute Gasteiger partial charge is 0.495 e. The zero-order valence-corrected chi connectivity index (χ0v) is 34.7. The van der Waals surface area contributed by atoms with Crippen molar-refractivity contribution in [3.8, 4) is 11.5 Å². The van der Waals surface area contributed by atoms with Crippen molar-refractivity contribution in [3.63, 3.8) is 0 Å². The fraction of sp³-hybridized carbons (Fsp3) is 0.366. The molecular formula is C41H46Cl2N12O5. The number of aliphatic hydroxyl groups is 1. The summed E-state index contributed by atoms with van der Waals surface area (Å²) in [6.45, 7) is 2.35.